The van der Waals surface area contributed by atoms with Gasteiger partial charge in [0.15, 0.2) is 0 Å². The van der Waals surface area contributed by atoms with Crippen molar-refractivity contribution in [3.63, 3.8) is 0 Å². The van der Waals surface area contributed by atoms with Crippen molar-refractivity contribution in [3.8, 4) is 0 Å². The molecular formula is C22H23ClN4O3. The van der Waals surface area contributed by atoms with Gasteiger partial charge in [-0.15, -0.1) is 0 Å². The minimum Gasteiger partial charge on any atom is -0.365 e. The molecule has 4 bridgehead atoms. The lowest BCUT2D eigenvalue weighted by atomic mass is 9.53. The smallest absolute Gasteiger partial charge is 0.270 e. The third-order valence-corrected chi connectivity index (χ3v) is 7.19. The molecule has 4 fully saturated rings. The monoisotopic (exact) mass is 426 g/mol. The molecule has 7 nitrogen and oxygen atoms in total. The highest BCUT2D eigenvalue weighted by Crippen LogP contribution is 2.56. The average Bonchev–Trinajstić information content (AvgIpc) is 2.68. The first kappa shape index (κ1) is 19.3. The second-order valence-corrected chi connectivity index (χ2v) is 9.54. The fourth-order valence-electron chi connectivity index (χ4n) is 6.08. The molecular weight excluding hydrogens is 404 g/mol. The number of nitrogens with one attached hydrogen (secondary N) is 2. The number of rotatable bonds is 5. The van der Waals surface area contributed by atoms with E-state index in [-0.39, 0.29) is 21.8 Å². The number of aromatic nitrogens is 1. The topological polar surface area (TPSA) is 97.2 Å². The number of carbonyl (C=O) groups is 1. The molecule has 0 atom stereocenters. The second kappa shape index (κ2) is 7.23. The minimum absolute atomic E-state index is 0.0571. The van der Waals surface area contributed by atoms with Gasteiger partial charge < -0.3 is 10.6 Å². The highest BCUT2D eigenvalue weighted by Gasteiger charge is 2.51. The lowest BCUT2D eigenvalue weighted by Crippen LogP contribution is -2.54. The molecule has 4 aliphatic rings. The van der Waals surface area contributed by atoms with Gasteiger partial charge >= 0.3 is 0 Å². The van der Waals surface area contributed by atoms with Crippen molar-refractivity contribution >= 4 is 34.7 Å². The Bertz CT molecular complexity index is 973. The Morgan fingerprint density at radius 3 is 2.33 bits per heavy atom. The van der Waals surface area contributed by atoms with E-state index >= 15 is 0 Å². The van der Waals surface area contributed by atoms with Gasteiger partial charge in [0.05, 0.1) is 27.4 Å². The molecule has 6 rings (SSSR count). The molecule has 156 valence electrons. The molecule has 2 aromatic rings. The predicted molar refractivity (Wildman–Crippen MR) is 115 cm³/mol. The van der Waals surface area contributed by atoms with Crippen molar-refractivity contribution < 1.29 is 9.72 Å². The van der Waals surface area contributed by atoms with Crippen LogP contribution in [0.5, 0.6) is 0 Å². The number of nitro benzene ring substituents is 1. The summed E-state index contributed by atoms with van der Waals surface area (Å²) in [5.41, 5.74) is 0.557. The molecule has 1 aromatic carbocycles. The van der Waals surface area contributed by atoms with Gasteiger partial charge in [0.1, 0.15) is 5.82 Å². The molecule has 30 heavy (non-hydrogen) atoms. The number of nitrogens with zero attached hydrogens (tertiary/aromatic N) is 2. The van der Waals surface area contributed by atoms with Crippen LogP contribution in [0.2, 0.25) is 5.02 Å². The van der Waals surface area contributed by atoms with Crippen molar-refractivity contribution in [1.82, 2.24) is 4.98 Å². The van der Waals surface area contributed by atoms with Crippen LogP contribution in [0.15, 0.2) is 36.5 Å². The van der Waals surface area contributed by atoms with E-state index < -0.39 is 10.8 Å². The largest absolute Gasteiger partial charge is 0.365 e. The van der Waals surface area contributed by atoms with E-state index in [0.29, 0.717) is 5.69 Å². The maximum atomic E-state index is 12.5. The Balaban J connectivity index is 1.27. The molecule has 0 aliphatic heterocycles. The zero-order valence-corrected chi connectivity index (χ0v) is 17.2. The summed E-state index contributed by atoms with van der Waals surface area (Å²) in [6.45, 7) is 0. The van der Waals surface area contributed by atoms with E-state index in [9.17, 15) is 14.9 Å². The van der Waals surface area contributed by atoms with Crippen LogP contribution in [0, 0.1) is 27.9 Å². The van der Waals surface area contributed by atoms with Gasteiger partial charge in [0.25, 0.3) is 11.6 Å². The molecule has 1 heterocycles. The zero-order valence-electron chi connectivity index (χ0n) is 16.4. The van der Waals surface area contributed by atoms with Gasteiger partial charge in [-0.05, 0) is 74.5 Å². The van der Waals surface area contributed by atoms with Crippen LogP contribution in [-0.2, 0) is 0 Å². The Morgan fingerprint density at radius 1 is 1.10 bits per heavy atom. The Morgan fingerprint density at radius 2 is 1.77 bits per heavy atom. The Hall–Kier alpha value is -2.67. The average molecular weight is 427 g/mol. The first-order chi connectivity index (χ1) is 14.4. The number of nitro groups is 1. The van der Waals surface area contributed by atoms with Crippen LogP contribution in [0.1, 0.15) is 48.9 Å². The highest BCUT2D eigenvalue weighted by atomic mass is 35.5. The van der Waals surface area contributed by atoms with E-state index in [4.69, 9.17) is 11.6 Å². The maximum absolute atomic E-state index is 12.5. The molecule has 8 heteroatoms. The third-order valence-electron chi connectivity index (χ3n) is 6.86. The Labute approximate surface area is 179 Å². The van der Waals surface area contributed by atoms with Crippen molar-refractivity contribution in [2.24, 2.45) is 17.8 Å². The van der Waals surface area contributed by atoms with E-state index in [2.05, 4.69) is 15.6 Å². The van der Waals surface area contributed by atoms with Gasteiger partial charge in [-0.25, -0.2) is 4.98 Å². The van der Waals surface area contributed by atoms with Crippen LogP contribution in [0.25, 0.3) is 0 Å². The molecule has 0 radical (unpaired) electrons. The number of hydrogen-bond donors (Lipinski definition) is 2. The third kappa shape index (κ3) is 3.62. The van der Waals surface area contributed by atoms with Crippen LogP contribution in [0.3, 0.4) is 0 Å². The number of halogens is 1. The molecule has 0 spiro atoms. The van der Waals surface area contributed by atoms with E-state index in [1.54, 1.807) is 12.3 Å². The lowest BCUT2D eigenvalue weighted by molar-refractivity contribution is -0.384. The number of carbonyl (C=O) groups excluding carboxylic acids is 1. The SMILES string of the molecule is O=C(Nc1ccc(NC23CC4CC(CC(C4)C2)C3)nc1)c1cc([N+](=O)[O-])ccc1Cl. The van der Waals surface area contributed by atoms with Crippen LogP contribution < -0.4 is 10.6 Å². The summed E-state index contributed by atoms with van der Waals surface area (Å²) in [5, 5.41) is 17.5. The van der Waals surface area contributed by atoms with Crippen molar-refractivity contribution in [2.75, 3.05) is 10.6 Å². The minimum atomic E-state index is -0.556. The summed E-state index contributed by atoms with van der Waals surface area (Å²) in [7, 11) is 0. The fraction of sp³-hybridized carbons (Fsp3) is 0.455. The van der Waals surface area contributed by atoms with Crippen LogP contribution in [-0.4, -0.2) is 21.4 Å². The van der Waals surface area contributed by atoms with E-state index in [1.165, 1.54) is 56.7 Å². The molecule has 4 saturated carbocycles. The normalized spacial score (nSPS) is 28.9. The van der Waals surface area contributed by atoms with Crippen LogP contribution in [0.4, 0.5) is 17.2 Å². The number of non-ortho nitro benzene ring substituents is 1. The van der Waals surface area contributed by atoms with Gasteiger partial charge in [0.2, 0.25) is 0 Å². The second-order valence-electron chi connectivity index (χ2n) is 9.13. The molecule has 0 saturated heterocycles. The molecule has 2 N–H and O–H groups in total. The molecule has 4 aliphatic carbocycles. The van der Waals surface area contributed by atoms with Crippen molar-refractivity contribution in [3.05, 3.63) is 57.2 Å². The van der Waals surface area contributed by atoms with Crippen LogP contribution >= 0.6 is 11.6 Å². The number of amides is 1. The standard InChI is InChI=1S/C22H23ClN4O3/c23-19-3-2-17(27(29)30)8-18(19)21(28)25-16-1-4-20(24-12-16)26-22-9-13-5-14(10-22)7-15(6-13)11-22/h1-4,8,12-15H,5-7,9-11H2,(H,24,26)(H,25,28). The summed E-state index contributed by atoms with van der Waals surface area (Å²) in [4.78, 5) is 27.4. The quantitative estimate of drug-likeness (QED) is 0.501. The number of anilines is 2. The van der Waals surface area contributed by atoms with Gasteiger partial charge in [-0.2, -0.15) is 0 Å². The molecule has 0 unspecified atom stereocenters. The predicted octanol–water partition coefficient (Wildman–Crippen LogP) is 5.28. The fourth-order valence-corrected chi connectivity index (χ4v) is 6.28. The molecule has 1 aromatic heterocycles. The Kier molecular flexibility index (Phi) is 4.65. The first-order valence-electron chi connectivity index (χ1n) is 10.4. The maximum Gasteiger partial charge on any atom is 0.270 e. The number of benzene rings is 1. The van der Waals surface area contributed by atoms with Crippen molar-refractivity contribution in [1.29, 1.82) is 0 Å². The number of hydrogen-bond acceptors (Lipinski definition) is 5. The van der Waals surface area contributed by atoms with Gasteiger partial charge in [-0.1, -0.05) is 11.6 Å². The summed E-state index contributed by atoms with van der Waals surface area (Å²) in [5.74, 6) is 2.86. The summed E-state index contributed by atoms with van der Waals surface area (Å²) < 4.78 is 0. The summed E-state index contributed by atoms with van der Waals surface area (Å²) in [6.07, 6.45) is 9.45. The van der Waals surface area contributed by atoms with Gasteiger partial charge in [-0.3, -0.25) is 14.9 Å². The van der Waals surface area contributed by atoms with E-state index in [1.807, 2.05) is 6.07 Å². The summed E-state index contributed by atoms with van der Waals surface area (Å²) >= 11 is 6.05. The summed E-state index contributed by atoms with van der Waals surface area (Å²) in [6, 6.07) is 7.47. The highest BCUT2D eigenvalue weighted by molar-refractivity contribution is 6.34. The van der Waals surface area contributed by atoms with E-state index in [0.717, 1.165) is 23.6 Å². The lowest BCUT2D eigenvalue weighted by Gasteiger charge is -2.57. The zero-order chi connectivity index (χ0) is 20.9. The number of pyridine rings is 1. The van der Waals surface area contributed by atoms with Gasteiger partial charge in [0, 0.05) is 17.7 Å². The van der Waals surface area contributed by atoms with Crippen molar-refractivity contribution in [2.45, 2.75) is 44.1 Å². The molecule has 1 amide bonds. The first-order valence-corrected chi connectivity index (χ1v) is 10.8.